The van der Waals surface area contributed by atoms with Gasteiger partial charge in [-0.3, -0.25) is 9.59 Å². The molecule has 0 fully saturated rings. The van der Waals surface area contributed by atoms with Gasteiger partial charge < -0.3 is 14.7 Å². The number of hydrogen-bond donors (Lipinski definition) is 1. The van der Waals surface area contributed by atoms with Gasteiger partial charge in [0.1, 0.15) is 16.9 Å². The SMILES string of the molecule is CCCC(=O)CCN(C(=O)C[C@@H](C)CC)[C@H](C[C@@H](O)c1nc(C(=O)OC)cs1)C(C)C. The summed E-state index contributed by atoms with van der Waals surface area (Å²) in [5.74, 6) is -0.0547. The summed E-state index contributed by atoms with van der Waals surface area (Å²) in [7, 11) is 1.28. The lowest BCUT2D eigenvalue weighted by atomic mass is 9.94. The van der Waals surface area contributed by atoms with Crippen molar-refractivity contribution in [2.75, 3.05) is 13.7 Å². The molecule has 0 saturated heterocycles. The van der Waals surface area contributed by atoms with Crippen LogP contribution >= 0.6 is 11.3 Å². The number of amides is 1. The van der Waals surface area contributed by atoms with E-state index in [4.69, 9.17) is 0 Å². The number of hydrogen-bond acceptors (Lipinski definition) is 7. The van der Waals surface area contributed by atoms with Gasteiger partial charge >= 0.3 is 5.97 Å². The van der Waals surface area contributed by atoms with Crippen LogP contribution in [0.4, 0.5) is 0 Å². The third kappa shape index (κ3) is 8.69. The van der Waals surface area contributed by atoms with Crippen molar-refractivity contribution in [1.29, 1.82) is 0 Å². The van der Waals surface area contributed by atoms with E-state index in [1.165, 1.54) is 18.4 Å². The quantitative estimate of drug-likeness (QED) is 0.419. The molecule has 0 bridgehead atoms. The maximum Gasteiger partial charge on any atom is 0.357 e. The van der Waals surface area contributed by atoms with Gasteiger partial charge in [0.2, 0.25) is 5.91 Å². The average Bonchev–Trinajstić information content (AvgIpc) is 3.22. The Morgan fingerprint density at radius 1 is 1.19 bits per heavy atom. The van der Waals surface area contributed by atoms with Crippen LogP contribution in [0.25, 0.3) is 0 Å². The Kier molecular flexibility index (Phi) is 11.9. The number of ether oxygens (including phenoxy) is 1. The summed E-state index contributed by atoms with van der Waals surface area (Å²) in [5.41, 5.74) is 0.164. The molecule has 8 heteroatoms. The van der Waals surface area contributed by atoms with E-state index < -0.39 is 12.1 Å². The largest absolute Gasteiger partial charge is 0.464 e. The van der Waals surface area contributed by atoms with Crippen LogP contribution in [0.1, 0.15) is 94.7 Å². The lowest BCUT2D eigenvalue weighted by Gasteiger charge is -2.36. The molecule has 0 aliphatic carbocycles. The molecule has 0 saturated carbocycles. The van der Waals surface area contributed by atoms with Crippen LogP contribution in [0.3, 0.4) is 0 Å². The standard InChI is InChI=1S/C23H38N2O5S/c1-7-9-17(26)10-11-25(21(28)12-16(5)8-2)19(15(3)4)13-20(27)22-24-18(14-31-22)23(29)30-6/h14-16,19-20,27H,7-13H2,1-6H3/t16-,19+,20+/m0/s1. The third-order valence-electron chi connectivity index (χ3n) is 5.54. The minimum Gasteiger partial charge on any atom is -0.464 e. The number of methoxy groups -OCH3 is 1. The Hall–Kier alpha value is -1.80. The highest BCUT2D eigenvalue weighted by molar-refractivity contribution is 7.09. The van der Waals surface area contributed by atoms with Gasteiger partial charge in [-0.15, -0.1) is 11.3 Å². The topological polar surface area (TPSA) is 96.8 Å². The fourth-order valence-corrected chi connectivity index (χ4v) is 4.20. The second kappa shape index (κ2) is 13.6. The molecule has 0 aliphatic heterocycles. The molecule has 0 aliphatic rings. The van der Waals surface area contributed by atoms with E-state index in [2.05, 4.69) is 16.6 Å². The van der Waals surface area contributed by atoms with Crippen molar-refractivity contribution in [3.05, 3.63) is 16.1 Å². The highest BCUT2D eigenvalue weighted by atomic mass is 32.1. The molecule has 0 spiro atoms. The van der Waals surface area contributed by atoms with Crippen molar-refractivity contribution in [2.45, 2.75) is 85.3 Å². The van der Waals surface area contributed by atoms with E-state index in [1.54, 1.807) is 10.3 Å². The zero-order valence-corrected chi connectivity index (χ0v) is 20.5. The Labute approximate surface area is 190 Å². The van der Waals surface area contributed by atoms with Crippen LogP contribution in [0.5, 0.6) is 0 Å². The van der Waals surface area contributed by atoms with Crippen molar-refractivity contribution in [1.82, 2.24) is 9.88 Å². The summed E-state index contributed by atoms with van der Waals surface area (Å²) in [6.45, 7) is 10.4. The molecule has 1 N–H and O–H groups in total. The lowest BCUT2D eigenvalue weighted by Crippen LogP contribution is -2.45. The Balaban J connectivity index is 3.04. The van der Waals surface area contributed by atoms with Gasteiger partial charge in [-0.25, -0.2) is 9.78 Å². The van der Waals surface area contributed by atoms with Gasteiger partial charge in [-0.1, -0.05) is 41.0 Å². The monoisotopic (exact) mass is 454 g/mol. The first-order valence-corrected chi connectivity index (χ1v) is 12.0. The minimum absolute atomic E-state index is 0.0129. The zero-order valence-electron chi connectivity index (χ0n) is 19.7. The maximum atomic E-state index is 13.1. The van der Waals surface area contributed by atoms with Crippen molar-refractivity contribution in [3.8, 4) is 0 Å². The minimum atomic E-state index is -0.916. The second-order valence-corrected chi connectivity index (χ2v) is 9.36. The first kappa shape index (κ1) is 27.2. The lowest BCUT2D eigenvalue weighted by molar-refractivity contribution is -0.136. The molecule has 0 radical (unpaired) electrons. The zero-order chi connectivity index (χ0) is 23.6. The average molecular weight is 455 g/mol. The number of carbonyl (C=O) groups excluding carboxylic acids is 3. The highest BCUT2D eigenvalue weighted by Gasteiger charge is 2.30. The summed E-state index contributed by atoms with van der Waals surface area (Å²) in [4.78, 5) is 42.9. The molecule has 1 rings (SSSR count). The summed E-state index contributed by atoms with van der Waals surface area (Å²) >= 11 is 1.19. The number of esters is 1. The number of thiazole rings is 1. The second-order valence-electron chi connectivity index (χ2n) is 8.47. The molecular formula is C23H38N2O5S. The Morgan fingerprint density at radius 3 is 2.42 bits per heavy atom. The summed E-state index contributed by atoms with van der Waals surface area (Å²) in [6.07, 6.45) is 2.32. The van der Waals surface area contributed by atoms with Crippen molar-refractivity contribution in [2.24, 2.45) is 11.8 Å². The van der Waals surface area contributed by atoms with E-state index in [1.807, 2.05) is 27.7 Å². The van der Waals surface area contributed by atoms with Crippen molar-refractivity contribution >= 4 is 29.0 Å². The van der Waals surface area contributed by atoms with Crippen LogP contribution < -0.4 is 0 Å². The summed E-state index contributed by atoms with van der Waals surface area (Å²) in [6, 6.07) is -0.244. The molecule has 1 amide bonds. The van der Waals surface area contributed by atoms with E-state index in [9.17, 15) is 19.5 Å². The fraction of sp³-hybridized carbons (Fsp3) is 0.739. The van der Waals surface area contributed by atoms with E-state index >= 15 is 0 Å². The highest BCUT2D eigenvalue weighted by Crippen LogP contribution is 2.28. The van der Waals surface area contributed by atoms with E-state index in [0.29, 0.717) is 37.2 Å². The number of carbonyl (C=O) groups is 3. The molecular weight excluding hydrogens is 416 g/mol. The van der Waals surface area contributed by atoms with Crippen LogP contribution in [-0.4, -0.2) is 52.3 Å². The molecule has 3 atom stereocenters. The molecule has 7 nitrogen and oxygen atoms in total. The van der Waals surface area contributed by atoms with Gasteiger partial charge in [0.25, 0.3) is 0 Å². The van der Waals surface area contributed by atoms with E-state index in [-0.39, 0.29) is 35.3 Å². The Bertz CT molecular complexity index is 719. The van der Waals surface area contributed by atoms with Gasteiger partial charge in [-0.2, -0.15) is 0 Å². The molecule has 1 aromatic rings. The van der Waals surface area contributed by atoms with Gasteiger partial charge in [0.15, 0.2) is 5.69 Å². The maximum absolute atomic E-state index is 13.1. The summed E-state index contributed by atoms with van der Waals surface area (Å²) < 4.78 is 4.68. The van der Waals surface area contributed by atoms with Crippen LogP contribution in [0, 0.1) is 11.8 Å². The van der Waals surface area contributed by atoms with Gasteiger partial charge in [0, 0.05) is 43.6 Å². The van der Waals surface area contributed by atoms with Crippen molar-refractivity contribution in [3.63, 3.8) is 0 Å². The third-order valence-corrected chi connectivity index (χ3v) is 6.48. The number of nitrogens with zero attached hydrogens (tertiary/aromatic N) is 2. The molecule has 176 valence electrons. The normalized spacial score (nSPS) is 14.2. The van der Waals surface area contributed by atoms with Crippen molar-refractivity contribution < 1.29 is 24.2 Å². The van der Waals surface area contributed by atoms with Crippen LogP contribution in [0.15, 0.2) is 5.38 Å². The first-order valence-electron chi connectivity index (χ1n) is 11.2. The summed E-state index contributed by atoms with van der Waals surface area (Å²) in [5, 5.41) is 12.8. The number of aliphatic hydroxyl groups excluding tert-OH is 1. The number of rotatable bonds is 14. The van der Waals surface area contributed by atoms with Crippen LogP contribution in [-0.2, 0) is 14.3 Å². The molecule has 1 heterocycles. The first-order chi connectivity index (χ1) is 14.6. The van der Waals surface area contributed by atoms with E-state index in [0.717, 1.165) is 12.8 Å². The number of aromatic nitrogens is 1. The fourth-order valence-electron chi connectivity index (χ4n) is 3.41. The Morgan fingerprint density at radius 2 is 1.87 bits per heavy atom. The van der Waals surface area contributed by atoms with Gasteiger partial charge in [-0.05, 0) is 18.3 Å². The predicted octanol–water partition coefficient (Wildman–Crippen LogP) is 4.40. The number of ketones is 1. The molecule has 1 aromatic heterocycles. The number of aliphatic hydroxyl groups is 1. The predicted molar refractivity (Wildman–Crippen MR) is 122 cm³/mol. The van der Waals surface area contributed by atoms with Gasteiger partial charge in [0.05, 0.1) is 7.11 Å². The smallest absolute Gasteiger partial charge is 0.357 e. The molecule has 0 unspecified atom stereocenters. The molecule has 31 heavy (non-hydrogen) atoms. The number of Topliss-reactive ketones (excluding diaryl/α,β-unsaturated/α-hetero) is 1. The molecule has 0 aromatic carbocycles. The van der Waals surface area contributed by atoms with Crippen LogP contribution in [0.2, 0.25) is 0 Å².